The number of carbonyl (C=O) groups is 3. The Bertz CT molecular complexity index is 1700. The van der Waals surface area contributed by atoms with E-state index >= 15 is 4.39 Å². The summed E-state index contributed by atoms with van der Waals surface area (Å²) in [6.45, 7) is 0.104. The van der Waals surface area contributed by atoms with Crippen molar-refractivity contribution >= 4 is 29.4 Å². The first-order valence-corrected chi connectivity index (χ1v) is 16.6. The smallest absolute Gasteiger partial charge is 0.464 e. The minimum atomic E-state index is -5.01. The van der Waals surface area contributed by atoms with E-state index in [0.29, 0.717) is 10.6 Å². The monoisotopic (exact) mass is 777 g/mol. The molecule has 3 aromatic rings. The van der Waals surface area contributed by atoms with Gasteiger partial charge in [0.25, 0.3) is 0 Å². The van der Waals surface area contributed by atoms with E-state index < -0.39 is 85.3 Å². The van der Waals surface area contributed by atoms with E-state index in [4.69, 9.17) is 25.8 Å². The SMILES string of the molecule is COC(=O)N[C@H](C(=O)Cc1cncc(F)c1CC[C@@H]1CN[C@H](COC(=O)CCC(F)(F)F)CO1)[C@@H](c1ccc(Cl)cc1)c1cccc(OC(F)(F)F)c1. The van der Waals surface area contributed by atoms with Crippen molar-refractivity contribution in [1.82, 2.24) is 15.6 Å². The lowest BCUT2D eigenvalue weighted by atomic mass is 9.81. The van der Waals surface area contributed by atoms with E-state index in [-0.39, 0.29) is 49.3 Å². The first-order valence-electron chi connectivity index (χ1n) is 16.2. The van der Waals surface area contributed by atoms with Crippen LogP contribution in [0.3, 0.4) is 0 Å². The maximum Gasteiger partial charge on any atom is 0.573 e. The first kappa shape index (κ1) is 41.3. The fourth-order valence-corrected chi connectivity index (χ4v) is 5.82. The summed E-state index contributed by atoms with van der Waals surface area (Å²) in [7, 11) is 1.07. The van der Waals surface area contributed by atoms with Gasteiger partial charge >= 0.3 is 24.6 Å². The molecule has 4 atom stereocenters. The van der Waals surface area contributed by atoms with Gasteiger partial charge in [-0.1, -0.05) is 35.9 Å². The zero-order chi connectivity index (χ0) is 38.8. The second kappa shape index (κ2) is 18.5. The summed E-state index contributed by atoms with van der Waals surface area (Å²) in [4.78, 5) is 42.3. The number of nitrogens with zero attached hydrogens (tertiary/aromatic N) is 1. The number of ketones is 1. The number of esters is 1. The van der Waals surface area contributed by atoms with Crippen molar-refractivity contribution in [2.45, 2.75) is 68.7 Å². The highest BCUT2D eigenvalue weighted by Gasteiger charge is 2.36. The lowest BCUT2D eigenvalue weighted by Crippen LogP contribution is -2.49. The quantitative estimate of drug-likeness (QED) is 0.130. The van der Waals surface area contributed by atoms with Gasteiger partial charge in [0.15, 0.2) is 5.78 Å². The van der Waals surface area contributed by atoms with E-state index in [9.17, 15) is 40.7 Å². The second-order valence-electron chi connectivity index (χ2n) is 12.1. The number of hydrogen-bond acceptors (Lipinski definition) is 9. The molecule has 2 aromatic carbocycles. The molecule has 1 aliphatic rings. The zero-order valence-corrected chi connectivity index (χ0v) is 28.8. The topological polar surface area (TPSA) is 125 Å². The van der Waals surface area contributed by atoms with Crippen LogP contribution in [0.25, 0.3) is 0 Å². The van der Waals surface area contributed by atoms with E-state index in [1.165, 1.54) is 30.5 Å². The van der Waals surface area contributed by atoms with Crippen LogP contribution in [0, 0.1) is 5.82 Å². The molecule has 2 N–H and O–H groups in total. The predicted octanol–water partition coefficient (Wildman–Crippen LogP) is 6.62. The van der Waals surface area contributed by atoms with Gasteiger partial charge in [0.2, 0.25) is 0 Å². The molecular formula is C35H35ClF7N3O7. The number of methoxy groups -OCH3 is 1. The molecule has 0 spiro atoms. The van der Waals surface area contributed by atoms with Crippen molar-refractivity contribution in [2.24, 2.45) is 0 Å². The van der Waals surface area contributed by atoms with Crippen molar-refractivity contribution < 1.29 is 64.1 Å². The lowest BCUT2D eigenvalue weighted by Gasteiger charge is -2.30. The number of amides is 1. The Labute approximate surface area is 304 Å². The van der Waals surface area contributed by atoms with E-state index in [1.54, 1.807) is 12.1 Å². The average molecular weight is 778 g/mol. The Kier molecular flexibility index (Phi) is 14.4. The largest absolute Gasteiger partial charge is 0.573 e. The fraction of sp³-hybridized carbons (Fsp3) is 0.429. The van der Waals surface area contributed by atoms with E-state index in [1.807, 2.05) is 0 Å². The number of halogens is 8. The summed E-state index contributed by atoms with van der Waals surface area (Å²) in [6.07, 6.45) is -10.9. The number of aromatic nitrogens is 1. The number of alkyl halides is 6. The molecular weight excluding hydrogens is 743 g/mol. The Hall–Kier alpha value is -4.48. The van der Waals surface area contributed by atoms with Crippen LogP contribution < -0.4 is 15.4 Å². The predicted molar refractivity (Wildman–Crippen MR) is 175 cm³/mol. The Morgan fingerprint density at radius 1 is 1.06 bits per heavy atom. The third-order valence-corrected chi connectivity index (χ3v) is 8.47. The fourth-order valence-electron chi connectivity index (χ4n) is 5.70. The lowest BCUT2D eigenvalue weighted by molar-refractivity contribution is -0.274. The van der Waals surface area contributed by atoms with Crippen molar-refractivity contribution in [3.63, 3.8) is 0 Å². The van der Waals surface area contributed by atoms with Crippen LogP contribution in [0.4, 0.5) is 35.5 Å². The van der Waals surface area contributed by atoms with Gasteiger partial charge in [0.1, 0.15) is 24.2 Å². The number of morpholine rings is 1. The summed E-state index contributed by atoms with van der Waals surface area (Å²) in [5.74, 6) is -4.03. The Morgan fingerprint density at radius 2 is 1.79 bits per heavy atom. The van der Waals surface area contributed by atoms with Gasteiger partial charge in [-0.05, 0) is 59.4 Å². The molecule has 0 saturated carbocycles. The van der Waals surface area contributed by atoms with Crippen LogP contribution in [0.2, 0.25) is 5.02 Å². The zero-order valence-electron chi connectivity index (χ0n) is 28.1. The number of carbonyl (C=O) groups excluding carboxylic acids is 3. The van der Waals surface area contributed by atoms with Gasteiger partial charge in [-0.25, -0.2) is 9.18 Å². The summed E-state index contributed by atoms with van der Waals surface area (Å²) in [5.41, 5.74) is 0.876. The summed E-state index contributed by atoms with van der Waals surface area (Å²) in [6, 6.07) is 9.08. The number of nitrogens with one attached hydrogen (secondary N) is 2. The second-order valence-corrected chi connectivity index (χ2v) is 12.5. The molecule has 1 fully saturated rings. The molecule has 53 heavy (non-hydrogen) atoms. The van der Waals surface area contributed by atoms with Gasteiger partial charge in [-0.2, -0.15) is 13.2 Å². The van der Waals surface area contributed by atoms with Crippen molar-refractivity contribution in [3.8, 4) is 5.75 Å². The number of ether oxygens (including phenoxy) is 4. The maximum atomic E-state index is 15.2. The number of pyridine rings is 1. The molecule has 0 unspecified atom stereocenters. The summed E-state index contributed by atoms with van der Waals surface area (Å²) < 4.78 is 111. The van der Waals surface area contributed by atoms with E-state index in [0.717, 1.165) is 25.4 Å². The number of Topliss-reactive ketones (excluding diaryl/α,β-unsaturated/α-hetero) is 1. The number of benzene rings is 2. The van der Waals surface area contributed by atoms with Crippen LogP contribution in [0.15, 0.2) is 60.9 Å². The molecule has 18 heteroatoms. The number of rotatable bonds is 15. The molecule has 1 aliphatic heterocycles. The first-order chi connectivity index (χ1) is 25.0. The highest BCUT2D eigenvalue weighted by Crippen LogP contribution is 2.34. The molecule has 1 amide bonds. The van der Waals surface area contributed by atoms with Crippen LogP contribution in [0.5, 0.6) is 5.75 Å². The van der Waals surface area contributed by atoms with Crippen LogP contribution >= 0.6 is 11.6 Å². The van der Waals surface area contributed by atoms with Crippen LogP contribution in [0.1, 0.15) is 47.4 Å². The van der Waals surface area contributed by atoms with Crippen LogP contribution in [-0.4, -0.2) is 80.4 Å². The molecule has 1 aromatic heterocycles. The highest BCUT2D eigenvalue weighted by molar-refractivity contribution is 6.30. The average Bonchev–Trinajstić information content (AvgIpc) is 3.09. The maximum absolute atomic E-state index is 15.2. The summed E-state index contributed by atoms with van der Waals surface area (Å²) in [5, 5.41) is 5.90. The molecule has 0 bridgehead atoms. The van der Waals surface area contributed by atoms with Crippen molar-refractivity contribution in [1.29, 1.82) is 0 Å². The van der Waals surface area contributed by atoms with Crippen LogP contribution in [-0.2, 0) is 36.6 Å². The van der Waals surface area contributed by atoms with Gasteiger partial charge < -0.3 is 29.6 Å². The van der Waals surface area contributed by atoms with E-state index in [2.05, 4.69) is 20.4 Å². The molecule has 0 aliphatic carbocycles. The third kappa shape index (κ3) is 13.2. The van der Waals surface area contributed by atoms with Crippen molar-refractivity contribution in [3.05, 3.63) is 94.0 Å². The Balaban J connectivity index is 1.50. The Morgan fingerprint density at radius 3 is 2.43 bits per heavy atom. The number of alkyl carbamates (subject to hydrolysis) is 1. The molecule has 288 valence electrons. The molecule has 2 heterocycles. The number of hydrogen-bond donors (Lipinski definition) is 2. The van der Waals surface area contributed by atoms with Gasteiger partial charge in [0.05, 0.1) is 44.9 Å². The van der Waals surface area contributed by atoms with Crippen molar-refractivity contribution in [2.75, 3.05) is 26.9 Å². The normalized spacial score (nSPS) is 17.4. The molecule has 1 saturated heterocycles. The summed E-state index contributed by atoms with van der Waals surface area (Å²) >= 11 is 6.08. The molecule has 10 nitrogen and oxygen atoms in total. The van der Waals surface area contributed by atoms with Gasteiger partial charge in [0, 0.05) is 30.1 Å². The third-order valence-electron chi connectivity index (χ3n) is 8.22. The molecule has 4 rings (SSSR count). The standard InChI is InChI=1S/C35H35ClF7N3O7/c1-50-33(49)46-32(31(20-5-7-23(36)8-6-20)21-3-2-4-25(13-21)53-35(41,42)43)29(47)14-22-15-44-17-28(37)27(22)10-9-26-16-45-24(18-51-26)19-52-30(48)11-12-34(38,39)40/h2-8,13,15,17,24,26,31-32,45H,9-12,14,16,18-19H2,1H3,(H,46,49)/t24-,26+,31-,32+/m0/s1. The minimum absolute atomic E-state index is 0.0591. The molecule has 0 radical (unpaired) electrons. The van der Waals surface area contributed by atoms with Gasteiger partial charge in [-0.15, -0.1) is 13.2 Å². The highest BCUT2D eigenvalue weighted by atomic mass is 35.5. The van der Waals surface area contributed by atoms with Gasteiger partial charge in [-0.3, -0.25) is 14.6 Å². The minimum Gasteiger partial charge on any atom is -0.464 e.